The molecule has 0 saturated carbocycles. The molecule has 1 saturated heterocycles. The van der Waals surface area contributed by atoms with Crippen molar-refractivity contribution in [2.24, 2.45) is 0 Å². The SMILES string of the molecule is Cc1ccc(S(=O)(=O)Nc2ccccc2N2CCN(C(=O)OC(C)(C)C)CC2)cc1C. The monoisotopic (exact) mass is 445 g/mol. The quantitative estimate of drug-likeness (QED) is 0.764. The summed E-state index contributed by atoms with van der Waals surface area (Å²) in [5, 5.41) is 0. The second-order valence-electron chi connectivity index (χ2n) is 8.82. The van der Waals surface area contributed by atoms with Gasteiger partial charge in [-0.15, -0.1) is 0 Å². The summed E-state index contributed by atoms with van der Waals surface area (Å²) in [6.45, 7) is 11.6. The van der Waals surface area contributed by atoms with Gasteiger partial charge >= 0.3 is 6.09 Å². The van der Waals surface area contributed by atoms with Crippen LogP contribution in [0.3, 0.4) is 0 Å². The van der Waals surface area contributed by atoms with Crippen LogP contribution < -0.4 is 9.62 Å². The van der Waals surface area contributed by atoms with Crippen molar-refractivity contribution in [2.45, 2.75) is 45.1 Å². The number of sulfonamides is 1. The van der Waals surface area contributed by atoms with E-state index in [1.807, 2.05) is 52.8 Å². The maximum absolute atomic E-state index is 13.0. The van der Waals surface area contributed by atoms with E-state index >= 15 is 0 Å². The largest absolute Gasteiger partial charge is 0.444 e. The number of benzene rings is 2. The zero-order valence-corrected chi connectivity index (χ0v) is 19.6. The maximum Gasteiger partial charge on any atom is 0.410 e. The number of hydrogen-bond donors (Lipinski definition) is 1. The Morgan fingerprint density at radius 3 is 2.23 bits per heavy atom. The van der Waals surface area contributed by atoms with Crippen LogP contribution in [0.2, 0.25) is 0 Å². The number of aryl methyl sites for hydroxylation is 2. The van der Waals surface area contributed by atoms with Crippen LogP contribution in [0.15, 0.2) is 47.4 Å². The first-order valence-electron chi connectivity index (χ1n) is 10.4. The molecule has 168 valence electrons. The van der Waals surface area contributed by atoms with E-state index in [9.17, 15) is 13.2 Å². The van der Waals surface area contributed by atoms with Gasteiger partial charge in [0.15, 0.2) is 0 Å². The third kappa shape index (κ3) is 5.70. The molecular formula is C23H31N3O4S. The highest BCUT2D eigenvalue weighted by Crippen LogP contribution is 2.29. The molecule has 1 aliphatic rings. The third-order valence-electron chi connectivity index (χ3n) is 5.21. The van der Waals surface area contributed by atoms with Crippen molar-refractivity contribution in [1.82, 2.24) is 4.90 Å². The van der Waals surface area contributed by atoms with Gasteiger partial charge in [-0.1, -0.05) is 18.2 Å². The molecule has 1 aliphatic heterocycles. The molecule has 0 radical (unpaired) electrons. The Bertz CT molecular complexity index is 1050. The first-order chi connectivity index (χ1) is 14.5. The van der Waals surface area contributed by atoms with Crippen LogP contribution in [-0.4, -0.2) is 51.2 Å². The molecule has 3 rings (SSSR count). The summed E-state index contributed by atoms with van der Waals surface area (Å²) in [4.78, 5) is 16.3. The molecule has 0 bridgehead atoms. The van der Waals surface area contributed by atoms with Gasteiger partial charge in [0, 0.05) is 26.2 Å². The minimum absolute atomic E-state index is 0.236. The molecule has 0 unspecified atom stereocenters. The zero-order chi connectivity index (χ0) is 22.8. The Labute approximate surface area is 185 Å². The van der Waals surface area contributed by atoms with Crippen molar-refractivity contribution < 1.29 is 17.9 Å². The molecule has 1 fully saturated rings. The number of nitrogens with one attached hydrogen (secondary N) is 1. The average Bonchev–Trinajstić information content (AvgIpc) is 2.69. The predicted molar refractivity (Wildman–Crippen MR) is 123 cm³/mol. The number of amides is 1. The van der Waals surface area contributed by atoms with E-state index in [-0.39, 0.29) is 11.0 Å². The van der Waals surface area contributed by atoms with Crippen molar-refractivity contribution in [3.63, 3.8) is 0 Å². The van der Waals surface area contributed by atoms with Crippen molar-refractivity contribution in [1.29, 1.82) is 0 Å². The van der Waals surface area contributed by atoms with Gasteiger partial charge in [0.1, 0.15) is 5.60 Å². The summed E-state index contributed by atoms with van der Waals surface area (Å²) in [6, 6.07) is 12.4. The molecule has 0 spiro atoms. The standard InChI is InChI=1S/C23H31N3O4S/c1-17-10-11-19(16-18(17)2)31(28,29)24-20-8-6-7-9-21(20)25-12-14-26(15-13-25)22(27)30-23(3,4)5/h6-11,16,24H,12-15H2,1-5H3. The molecule has 8 heteroatoms. The first-order valence-corrected chi connectivity index (χ1v) is 11.9. The number of para-hydroxylation sites is 2. The van der Waals surface area contributed by atoms with Crippen molar-refractivity contribution in [2.75, 3.05) is 35.8 Å². The molecule has 2 aromatic carbocycles. The molecule has 0 aromatic heterocycles. The third-order valence-corrected chi connectivity index (χ3v) is 6.57. The number of hydrogen-bond acceptors (Lipinski definition) is 5. The average molecular weight is 446 g/mol. The summed E-state index contributed by atoms with van der Waals surface area (Å²) in [7, 11) is -3.72. The summed E-state index contributed by atoms with van der Waals surface area (Å²) in [5.74, 6) is 0. The normalized spacial score (nSPS) is 15.0. The lowest BCUT2D eigenvalue weighted by atomic mass is 10.1. The second kappa shape index (κ2) is 8.78. The minimum Gasteiger partial charge on any atom is -0.444 e. The molecule has 0 aliphatic carbocycles. The van der Waals surface area contributed by atoms with Crippen LogP contribution in [-0.2, 0) is 14.8 Å². The number of carbonyl (C=O) groups excluding carboxylic acids is 1. The van der Waals surface area contributed by atoms with Gasteiger partial charge in [-0.05, 0) is 70.0 Å². The van der Waals surface area contributed by atoms with E-state index in [4.69, 9.17) is 4.74 Å². The van der Waals surface area contributed by atoms with Crippen LogP contribution in [0.5, 0.6) is 0 Å². The van der Waals surface area contributed by atoms with Gasteiger partial charge in [-0.25, -0.2) is 13.2 Å². The molecule has 1 heterocycles. The Morgan fingerprint density at radius 1 is 0.968 bits per heavy atom. The number of carbonyl (C=O) groups is 1. The second-order valence-corrected chi connectivity index (χ2v) is 10.5. The first kappa shape index (κ1) is 22.9. The minimum atomic E-state index is -3.72. The van der Waals surface area contributed by atoms with Crippen molar-refractivity contribution >= 4 is 27.5 Å². The lowest BCUT2D eigenvalue weighted by Gasteiger charge is -2.37. The number of piperazine rings is 1. The van der Waals surface area contributed by atoms with Crippen LogP contribution >= 0.6 is 0 Å². The van der Waals surface area contributed by atoms with Crippen LogP contribution in [0, 0.1) is 13.8 Å². The summed E-state index contributed by atoms with van der Waals surface area (Å²) in [6.07, 6.45) is -0.323. The van der Waals surface area contributed by atoms with E-state index in [2.05, 4.69) is 9.62 Å². The number of rotatable bonds is 4. The topological polar surface area (TPSA) is 79.0 Å². The van der Waals surface area contributed by atoms with E-state index in [0.29, 0.717) is 31.9 Å². The van der Waals surface area contributed by atoms with Crippen LogP contribution in [0.25, 0.3) is 0 Å². The van der Waals surface area contributed by atoms with Crippen molar-refractivity contribution in [3.05, 3.63) is 53.6 Å². The molecule has 1 amide bonds. The van der Waals surface area contributed by atoms with Crippen LogP contribution in [0.1, 0.15) is 31.9 Å². The van der Waals surface area contributed by atoms with E-state index < -0.39 is 15.6 Å². The molecule has 1 N–H and O–H groups in total. The predicted octanol–water partition coefficient (Wildman–Crippen LogP) is 4.16. The maximum atomic E-state index is 13.0. The molecule has 31 heavy (non-hydrogen) atoms. The fourth-order valence-electron chi connectivity index (χ4n) is 3.38. The fraction of sp³-hybridized carbons (Fsp3) is 0.435. The van der Waals surface area contributed by atoms with Gasteiger partial charge in [0.05, 0.1) is 16.3 Å². The Hall–Kier alpha value is -2.74. The van der Waals surface area contributed by atoms with E-state index in [1.54, 1.807) is 29.2 Å². The van der Waals surface area contributed by atoms with Gasteiger partial charge < -0.3 is 14.5 Å². The highest BCUT2D eigenvalue weighted by molar-refractivity contribution is 7.92. The molecular weight excluding hydrogens is 414 g/mol. The number of nitrogens with zero attached hydrogens (tertiary/aromatic N) is 2. The lowest BCUT2D eigenvalue weighted by molar-refractivity contribution is 0.0240. The van der Waals surface area contributed by atoms with Crippen LogP contribution in [0.4, 0.5) is 16.2 Å². The van der Waals surface area contributed by atoms with Crippen molar-refractivity contribution in [3.8, 4) is 0 Å². The molecule has 2 aromatic rings. The van der Waals surface area contributed by atoms with Gasteiger partial charge in [0.2, 0.25) is 0 Å². The number of anilines is 2. The molecule has 0 atom stereocenters. The zero-order valence-electron chi connectivity index (χ0n) is 18.8. The van der Waals surface area contributed by atoms with E-state index in [0.717, 1.165) is 16.8 Å². The lowest BCUT2D eigenvalue weighted by Crippen LogP contribution is -2.50. The van der Waals surface area contributed by atoms with E-state index in [1.165, 1.54) is 0 Å². The Morgan fingerprint density at radius 2 is 1.61 bits per heavy atom. The summed E-state index contributed by atoms with van der Waals surface area (Å²) >= 11 is 0. The Kier molecular flexibility index (Phi) is 6.50. The van der Waals surface area contributed by atoms with Gasteiger partial charge in [-0.3, -0.25) is 4.72 Å². The highest BCUT2D eigenvalue weighted by Gasteiger charge is 2.27. The number of ether oxygens (including phenoxy) is 1. The van der Waals surface area contributed by atoms with Gasteiger partial charge in [-0.2, -0.15) is 0 Å². The fourth-order valence-corrected chi connectivity index (χ4v) is 4.54. The Balaban J connectivity index is 1.74. The summed E-state index contributed by atoms with van der Waals surface area (Å²) < 4.78 is 34.1. The van der Waals surface area contributed by atoms with Gasteiger partial charge in [0.25, 0.3) is 10.0 Å². The smallest absolute Gasteiger partial charge is 0.410 e. The summed E-state index contributed by atoms with van der Waals surface area (Å²) in [5.41, 5.74) is 2.75. The molecule has 7 nitrogen and oxygen atoms in total. The highest BCUT2D eigenvalue weighted by atomic mass is 32.2.